The van der Waals surface area contributed by atoms with Crippen molar-refractivity contribution in [1.29, 1.82) is 0 Å². The molecule has 0 fully saturated rings. The van der Waals surface area contributed by atoms with Crippen LogP contribution < -0.4 is 4.80 Å². The standard InChI is InChI=1S/C21H14ClN3O3S/c1-3-10-24-18-12(2)15(22)8-9-16(18)29-21(24)23-17(26)11-25-19(27)13-6-4-5-7-14(13)20(25)28/h1,4-9H,10-11H2,2H3. The number of aryl methyl sites for hydroxylation is 1. The third-order valence-corrected chi connectivity index (χ3v) is 6.12. The highest BCUT2D eigenvalue weighted by Gasteiger charge is 2.36. The molecule has 29 heavy (non-hydrogen) atoms. The summed E-state index contributed by atoms with van der Waals surface area (Å²) in [4.78, 5) is 43.0. The summed E-state index contributed by atoms with van der Waals surface area (Å²) in [7, 11) is 0. The molecule has 0 spiro atoms. The number of halogens is 1. The van der Waals surface area contributed by atoms with Crippen molar-refractivity contribution in [2.45, 2.75) is 13.5 Å². The minimum Gasteiger partial charge on any atom is -0.304 e. The van der Waals surface area contributed by atoms with E-state index in [1.807, 2.05) is 13.0 Å². The molecule has 0 aliphatic carbocycles. The molecule has 1 aromatic heterocycles. The number of imide groups is 1. The third-order valence-electron chi connectivity index (χ3n) is 4.67. The number of thiazole rings is 1. The lowest BCUT2D eigenvalue weighted by Crippen LogP contribution is -2.35. The van der Waals surface area contributed by atoms with Gasteiger partial charge in [-0.3, -0.25) is 19.3 Å². The summed E-state index contributed by atoms with van der Waals surface area (Å²) < 4.78 is 2.62. The molecule has 0 atom stereocenters. The molecule has 3 aromatic rings. The van der Waals surface area contributed by atoms with Gasteiger partial charge in [0.2, 0.25) is 0 Å². The first kappa shape index (κ1) is 19.1. The van der Waals surface area contributed by atoms with Crippen molar-refractivity contribution in [3.8, 4) is 12.3 Å². The first-order chi connectivity index (χ1) is 13.9. The van der Waals surface area contributed by atoms with Gasteiger partial charge in [-0.25, -0.2) is 0 Å². The first-order valence-corrected chi connectivity index (χ1v) is 9.86. The van der Waals surface area contributed by atoms with Crippen molar-refractivity contribution in [3.63, 3.8) is 0 Å². The molecule has 2 aromatic carbocycles. The zero-order valence-electron chi connectivity index (χ0n) is 15.3. The number of amides is 3. The van der Waals surface area contributed by atoms with Gasteiger partial charge in [0.15, 0.2) is 4.80 Å². The molecule has 2 heterocycles. The third kappa shape index (κ3) is 3.16. The first-order valence-electron chi connectivity index (χ1n) is 8.67. The average Bonchev–Trinajstić information content (AvgIpc) is 3.16. The second-order valence-electron chi connectivity index (χ2n) is 6.44. The molecular formula is C21H14ClN3O3S. The lowest BCUT2D eigenvalue weighted by molar-refractivity contribution is -0.118. The quantitative estimate of drug-likeness (QED) is 0.480. The minimum atomic E-state index is -0.611. The molecule has 0 radical (unpaired) electrons. The van der Waals surface area contributed by atoms with Crippen LogP contribution in [0.4, 0.5) is 0 Å². The van der Waals surface area contributed by atoms with Gasteiger partial charge in [0, 0.05) is 5.02 Å². The van der Waals surface area contributed by atoms with E-state index < -0.39 is 24.3 Å². The number of carbonyl (C=O) groups excluding carboxylic acids is 3. The maximum atomic E-state index is 12.6. The zero-order chi connectivity index (χ0) is 20.7. The highest BCUT2D eigenvalue weighted by Crippen LogP contribution is 2.27. The molecule has 144 valence electrons. The Bertz CT molecular complexity index is 1280. The smallest absolute Gasteiger partial charge is 0.268 e. The van der Waals surface area contributed by atoms with Gasteiger partial charge in [0.05, 0.1) is 27.9 Å². The summed E-state index contributed by atoms with van der Waals surface area (Å²) in [5.41, 5.74) is 2.23. The Hall–Kier alpha value is -3.21. The molecule has 0 unspecified atom stereocenters. The minimum absolute atomic E-state index is 0.209. The molecule has 6 nitrogen and oxygen atoms in total. The van der Waals surface area contributed by atoms with E-state index in [1.54, 1.807) is 34.9 Å². The fraction of sp³-hybridized carbons (Fsp3) is 0.143. The number of terminal acetylenes is 1. The summed E-state index contributed by atoms with van der Waals surface area (Å²) in [6.45, 7) is 1.64. The van der Waals surface area contributed by atoms with Crippen molar-refractivity contribution in [3.05, 3.63) is 62.9 Å². The van der Waals surface area contributed by atoms with Crippen molar-refractivity contribution in [1.82, 2.24) is 9.47 Å². The monoisotopic (exact) mass is 423 g/mol. The molecule has 3 amide bonds. The number of fused-ring (bicyclic) bond motifs is 2. The van der Waals surface area contributed by atoms with Gasteiger partial charge >= 0.3 is 0 Å². The summed E-state index contributed by atoms with van der Waals surface area (Å²) in [6, 6.07) is 10.1. The van der Waals surface area contributed by atoms with Crippen LogP contribution in [0.1, 0.15) is 26.3 Å². The van der Waals surface area contributed by atoms with E-state index in [4.69, 9.17) is 18.0 Å². The number of hydrogen-bond acceptors (Lipinski definition) is 4. The average molecular weight is 424 g/mol. The van der Waals surface area contributed by atoms with Crippen LogP contribution in [0.5, 0.6) is 0 Å². The van der Waals surface area contributed by atoms with Crippen LogP contribution in [0.2, 0.25) is 5.02 Å². The predicted molar refractivity (Wildman–Crippen MR) is 111 cm³/mol. The lowest BCUT2D eigenvalue weighted by Gasteiger charge is -2.10. The van der Waals surface area contributed by atoms with Crippen LogP contribution in [0.25, 0.3) is 10.2 Å². The number of carbonyl (C=O) groups is 3. The Morgan fingerprint density at radius 1 is 1.17 bits per heavy atom. The van der Waals surface area contributed by atoms with Crippen LogP contribution in [0.3, 0.4) is 0 Å². The molecule has 0 N–H and O–H groups in total. The molecule has 1 aliphatic heterocycles. The van der Waals surface area contributed by atoms with Crippen LogP contribution >= 0.6 is 22.9 Å². The van der Waals surface area contributed by atoms with Gasteiger partial charge in [-0.1, -0.05) is 41.0 Å². The normalized spacial score (nSPS) is 13.8. The summed E-state index contributed by atoms with van der Waals surface area (Å²) >= 11 is 7.52. The Morgan fingerprint density at radius 2 is 1.83 bits per heavy atom. The molecule has 0 saturated carbocycles. The summed E-state index contributed by atoms with van der Waals surface area (Å²) in [6.07, 6.45) is 5.49. The summed E-state index contributed by atoms with van der Waals surface area (Å²) in [5, 5.41) is 0.588. The van der Waals surface area contributed by atoms with Crippen molar-refractivity contribution in [2.75, 3.05) is 6.54 Å². The largest absolute Gasteiger partial charge is 0.304 e. The van der Waals surface area contributed by atoms with Crippen LogP contribution in [0, 0.1) is 19.3 Å². The maximum Gasteiger partial charge on any atom is 0.268 e. The van der Waals surface area contributed by atoms with Gasteiger partial charge < -0.3 is 4.57 Å². The second-order valence-corrected chi connectivity index (χ2v) is 7.86. The Labute approximate surface area is 175 Å². The highest BCUT2D eigenvalue weighted by atomic mass is 35.5. The van der Waals surface area contributed by atoms with E-state index in [9.17, 15) is 14.4 Å². The van der Waals surface area contributed by atoms with Crippen molar-refractivity contribution >= 4 is 50.9 Å². The molecule has 0 bridgehead atoms. The SMILES string of the molecule is C#CCn1c(=NC(=O)CN2C(=O)c3ccccc3C2=O)sc2ccc(Cl)c(C)c21. The fourth-order valence-electron chi connectivity index (χ4n) is 3.30. The van der Waals surface area contributed by atoms with Gasteiger partial charge in [0.25, 0.3) is 17.7 Å². The lowest BCUT2D eigenvalue weighted by atomic mass is 10.1. The van der Waals surface area contributed by atoms with Crippen LogP contribution in [0.15, 0.2) is 41.4 Å². The highest BCUT2D eigenvalue weighted by molar-refractivity contribution is 7.16. The molecule has 0 saturated heterocycles. The number of rotatable bonds is 3. The fourth-order valence-corrected chi connectivity index (χ4v) is 4.56. The maximum absolute atomic E-state index is 12.6. The topological polar surface area (TPSA) is 71.7 Å². The number of aromatic nitrogens is 1. The van der Waals surface area contributed by atoms with Gasteiger partial charge in [0.1, 0.15) is 6.54 Å². The van der Waals surface area contributed by atoms with E-state index in [0.29, 0.717) is 21.0 Å². The van der Waals surface area contributed by atoms with E-state index in [0.717, 1.165) is 20.7 Å². The van der Waals surface area contributed by atoms with E-state index in [1.165, 1.54) is 11.3 Å². The number of benzene rings is 2. The molecule has 8 heteroatoms. The van der Waals surface area contributed by atoms with E-state index in [2.05, 4.69) is 10.9 Å². The van der Waals surface area contributed by atoms with E-state index >= 15 is 0 Å². The van der Waals surface area contributed by atoms with Crippen LogP contribution in [-0.4, -0.2) is 33.7 Å². The Morgan fingerprint density at radius 3 is 2.45 bits per heavy atom. The van der Waals surface area contributed by atoms with Gasteiger partial charge in [-0.15, -0.1) is 6.42 Å². The van der Waals surface area contributed by atoms with Crippen LogP contribution in [-0.2, 0) is 11.3 Å². The number of nitrogens with zero attached hydrogens (tertiary/aromatic N) is 3. The predicted octanol–water partition coefficient (Wildman–Crippen LogP) is 3.02. The van der Waals surface area contributed by atoms with Gasteiger partial charge in [-0.05, 0) is 36.8 Å². The van der Waals surface area contributed by atoms with Crippen molar-refractivity contribution in [2.24, 2.45) is 4.99 Å². The molecular weight excluding hydrogens is 410 g/mol. The molecule has 1 aliphatic rings. The van der Waals surface area contributed by atoms with E-state index in [-0.39, 0.29) is 6.54 Å². The Balaban J connectivity index is 1.71. The van der Waals surface area contributed by atoms with Gasteiger partial charge in [-0.2, -0.15) is 4.99 Å². The molecule has 4 rings (SSSR count). The summed E-state index contributed by atoms with van der Waals surface area (Å²) in [5.74, 6) is 0.956. The Kier molecular flexibility index (Phi) is 4.82. The second kappa shape index (κ2) is 7.32. The zero-order valence-corrected chi connectivity index (χ0v) is 16.9. The number of hydrogen-bond donors (Lipinski definition) is 0. The van der Waals surface area contributed by atoms with Crippen molar-refractivity contribution < 1.29 is 14.4 Å².